The fraction of sp³-hybridized carbons (Fsp3) is 0.455. The lowest BCUT2D eigenvalue weighted by Gasteiger charge is -2.28. The Morgan fingerprint density at radius 2 is 1.81 bits per heavy atom. The number of benzene rings is 1. The number of halogens is 3. The Morgan fingerprint density at radius 3 is 2.34 bits per heavy atom. The zero-order chi connectivity index (χ0) is 23.5. The summed E-state index contributed by atoms with van der Waals surface area (Å²) in [5.41, 5.74) is -1.80. The fourth-order valence-electron chi connectivity index (χ4n) is 3.19. The van der Waals surface area contributed by atoms with E-state index in [0.717, 1.165) is 24.5 Å². The van der Waals surface area contributed by atoms with Crippen LogP contribution in [0.25, 0.3) is 0 Å². The van der Waals surface area contributed by atoms with Crippen LogP contribution in [0, 0.1) is 12.8 Å². The summed E-state index contributed by atoms with van der Waals surface area (Å²) in [5.74, 6) is -0.301. The molecule has 0 bridgehead atoms. The molecule has 1 fully saturated rings. The van der Waals surface area contributed by atoms with Gasteiger partial charge in [-0.05, 0) is 56.5 Å². The minimum atomic E-state index is -4.97. The van der Waals surface area contributed by atoms with Gasteiger partial charge >= 0.3 is 12.2 Å². The molecule has 1 aliphatic carbocycles. The molecular weight excluding hydrogens is 427 g/mol. The van der Waals surface area contributed by atoms with E-state index in [0.29, 0.717) is 5.69 Å². The molecule has 10 heteroatoms. The minimum Gasteiger partial charge on any atom is -0.463 e. The summed E-state index contributed by atoms with van der Waals surface area (Å²) in [5, 5.41) is 18.0. The van der Waals surface area contributed by atoms with Gasteiger partial charge in [0.2, 0.25) is 11.5 Å². The van der Waals surface area contributed by atoms with Gasteiger partial charge in [-0.1, -0.05) is 12.1 Å². The highest BCUT2D eigenvalue weighted by molar-refractivity contribution is 5.94. The molecule has 1 heterocycles. The van der Waals surface area contributed by atoms with Crippen LogP contribution in [0.15, 0.2) is 40.8 Å². The lowest BCUT2D eigenvalue weighted by Crippen LogP contribution is -2.46. The predicted molar refractivity (Wildman–Crippen MR) is 111 cm³/mol. The highest BCUT2D eigenvalue weighted by Gasteiger charge is 2.56. The number of urea groups is 1. The summed E-state index contributed by atoms with van der Waals surface area (Å²) >= 11 is 0. The maximum absolute atomic E-state index is 13.4. The normalized spacial score (nSPS) is 16.7. The van der Waals surface area contributed by atoms with Crippen molar-refractivity contribution >= 4 is 17.6 Å². The van der Waals surface area contributed by atoms with Gasteiger partial charge in [-0.3, -0.25) is 4.79 Å². The van der Waals surface area contributed by atoms with Crippen LogP contribution in [0.1, 0.15) is 49.3 Å². The van der Waals surface area contributed by atoms with E-state index in [1.165, 1.54) is 13.0 Å². The van der Waals surface area contributed by atoms with Crippen molar-refractivity contribution in [2.45, 2.75) is 50.9 Å². The number of hydrogen-bond acceptors (Lipinski definition) is 4. The SMILES string of the molecule is Cc1ccc([C@@](O)(CCNC(=O)N[C@@H](C)c2ccc(NC(=O)C3CC3)cc2)C(F)(F)F)o1. The van der Waals surface area contributed by atoms with Gasteiger partial charge in [0.15, 0.2) is 0 Å². The van der Waals surface area contributed by atoms with Crippen molar-refractivity contribution in [3.63, 3.8) is 0 Å². The number of carbonyl (C=O) groups is 2. The van der Waals surface area contributed by atoms with E-state index < -0.39 is 42.6 Å². The first-order chi connectivity index (χ1) is 15.0. The summed E-state index contributed by atoms with van der Waals surface area (Å²) in [7, 11) is 0. The predicted octanol–water partition coefficient (Wildman–Crippen LogP) is 4.14. The molecule has 3 rings (SSSR count). The molecule has 2 atom stereocenters. The Labute approximate surface area is 183 Å². The first-order valence-corrected chi connectivity index (χ1v) is 10.3. The minimum absolute atomic E-state index is 0.00757. The maximum atomic E-state index is 13.4. The Kier molecular flexibility index (Phi) is 6.82. The van der Waals surface area contributed by atoms with Crippen molar-refractivity contribution < 1.29 is 32.3 Å². The Hall–Kier alpha value is -3.01. The lowest BCUT2D eigenvalue weighted by molar-refractivity contribution is -0.274. The van der Waals surface area contributed by atoms with Crippen LogP contribution >= 0.6 is 0 Å². The molecule has 174 valence electrons. The molecular formula is C22H26F3N3O4. The first-order valence-electron chi connectivity index (χ1n) is 10.3. The molecule has 0 aliphatic heterocycles. The highest BCUT2D eigenvalue weighted by Crippen LogP contribution is 2.42. The van der Waals surface area contributed by atoms with Crippen LogP contribution in [0.2, 0.25) is 0 Å². The summed E-state index contributed by atoms with van der Waals surface area (Å²) in [6, 6.07) is 8.23. The van der Waals surface area contributed by atoms with Crippen LogP contribution in [-0.4, -0.2) is 29.8 Å². The van der Waals surface area contributed by atoms with Gasteiger partial charge < -0.3 is 25.5 Å². The second kappa shape index (κ2) is 9.23. The molecule has 0 radical (unpaired) electrons. The van der Waals surface area contributed by atoms with Crippen LogP contribution in [0.3, 0.4) is 0 Å². The molecule has 3 amide bonds. The van der Waals surface area contributed by atoms with E-state index in [4.69, 9.17) is 4.42 Å². The second-order valence-corrected chi connectivity index (χ2v) is 8.03. The van der Waals surface area contributed by atoms with E-state index in [2.05, 4.69) is 16.0 Å². The summed E-state index contributed by atoms with van der Waals surface area (Å²) in [6.45, 7) is 2.76. The van der Waals surface area contributed by atoms with Gasteiger partial charge in [0.05, 0.1) is 6.04 Å². The number of aryl methyl sites for hydroxylation is 1. The molecule has 32 heavy (non-hydrogen) atoms. The number of furan rings is 1. The molecule has 4 N–H and O–H groups in total. The van der Waals surface area contributed by atoms with E-state index in [-0.39, 0.29) is 17.6 Å². The molecule has 1 saturated carbocycles. The molecule has 2 aromatic rings. The third-order valence-corrected chi connectivity index (χ3v) is 5.36. The van der Waals surface area contributed by atoms with E-state index in [1.54, 1.807) is 31.2 Å². The molecule has 0 unspecified atom stereocenters. The molecule has 1 aromatic carbocycles. The summed E-state index contributed by atoms with van der Waals surface area (Å²) in [6.07, 6.45) is -3.97. The number of nitrogens with one attached hydrogen (secondary N) is 3. The third kappa shape index (κ3) is 5.61. The monoisotopic (exact) mass is 453 g/mol. The van der Waals surface area contributed by atoms with E-state index in [9.17, 15) is 27.9 Å². The third-order valence-electron chi connectivity index (χ3n) is 5.36. The quantitative estimate of drug-likeness (QED) is 0.482. The number of carbonyl (C=O) groups excluding carboxylic acids is 2. The maximum Gasteiger partial charge on any atom is 0.424 e. The number of aliphatic hydroxyl groups is 1. The molecule has 0 spiro atoms. The van der Waals surface area contributed by atoms with E-state index in [1.807, 2.05) is 0 Å². The number of rotatable bonds is 8. The number of amides is 3. The first kappa shape index (κ1) is 23.6. The standard InChI is InChI=1S/C22H26F3N3O4/c1-13-3-10-18(32-13)21(31,22(23,24)25)11-12-26-20(30)27-14(2)15-6-8-17(9-7-15)28-19(29)16-4-5-16/h3,6-10,14,16,31H,4-5,11-12H2,1-2H3,(H,28,29)(H2,26,27,30)/t14-,21-/m0/s1. The number of alkyl halides is 3. The topological polar surface area (TPSA) is 104 Å². The molecule has 0 saturated heterocycles. The van der Waals surface area contributed by atoms with Crippen molar-refractivity contribution in [1.29, 1.82) is 0 Å². The zero-order valence-electron chi connectivity index (χ0n) is 17.8. The average Bonchev–Trinajstić information content (AvgIpc) is 3.48. The van der Waals surface area contributed by atoms with Crippen molar-refractivity contribution in [2.24, 2.45) is 5.92 Å². The number of anilines is 1. The Morgan fingerprint density at radius 1 is 1.16 bits per heavy atom. The van der Waals surface area contributed by atoms with Crippen molar-refractivity contribution in [2.75, 3.05) is 11.9 Å². The van der Waals surface area contributed by atoms with Gasteiger partial charge in [-0.2, -0.15) is 13.2 Å². The zero-order valence-corrected chi connectivity index (χ0v) is 17.8. The van der Waals surface area contributed by atoms with Gasteiger partial charge in [0.25, 0.3) is 0 Å². The Balaban J connectivity index is 1.50. The van der Waals surface area contributed by atoms with Crippen LogP contribution in [0.4, 0.5) is 23.7 Å². The van der Waals surface area contributed by atoms with Crippen molar-refractivity contribution in [1.82, 2.24) is 10.6 Å². The molecule has 1 aliphatic rings. The average molecular weight is 453 g/mol. The highest BCUT2D eigenvalue weighted by atomic mass is 19.4. The van der Waals surface area contributed by atoms with Crippen molar-refractivity contribution in [3.05, 3.63) is 53.5 Å². The van der Waals surface area contributed by atoms with Crippen LogP contribution in [0.5, 0.6) is 0 Å². The van der Waals surface area contributed by atoms with Gasteiger partial charge in [-0.25, -0.2) is 4.79 Å². The van der Waals surface area contributed by atoms with Gasteiger partial charge in [0.1, 0.15) is 11.5 Å². The van der Waals surface area contributed by atoms with Gasteiger partial charge in [-0.15, -0.1) is 0 Å². The second-order valence-electron chi connectivity index (χ2n) is 8.03. The van der Waals surface area contributed by atoms with Crippen LogP contribution in [-0.2, 0) is 10.4 Å². The molecule has 7 nitrogen and oxygen atoms in total. The fourth-order valence-corrected chi connectivity index (χ4v) is 3.19. The smallest absolute Gasteiger partial charge is 0.424 e. The molecule has 1 aromatic heterocycles. The summed E-state index contributed by atoms with van der Waals surface area (Å²) < 4.78 is 45.3. The van der Waals surface area contributed by atoms with E-state index >= 15 is 0 Å². The number of hydrogen-bond donors (Lipinski definition) is 4. The van der Waals surface area contributed by atoms with Gasteiger partial charge in [0, 0.05) is 24.6 Å². The summed E-state index contributed by atoms with van der Waals surface area (Å²) in [4.78, 5) is 23.9. The largest absolute Gasteiger partial charge is 0.463 e. The Bertz CT molecular complexity index is 954. The van der Waals surface area contributed by atoms with Crippen molar-refractivity contribution in [3.8, 4) is 0 Å². The van der Waals surface area contributed by atoms with Crippen LogP contribution < -0.4 is 16.0 Å². The lowest BCUT2D eigenvalue weighted by atomic mass is 9.96.